The minimum atomic E-state index is -1.24. The first kappa shape index (κ1) is 32.6. The number of hydrogen-bond acceptors (Lipinski definition) is 8. The first-order chi connectivity index (χ1) is 22.2. The molecule has 0 saturated heterocycles. The maximum atomic E-state index is 14.1. The van der Waals surface area contributed by atoms with E-state index in [2.05, 4.69) is 20.6 Å². The standard InChI is InChI=1S/C34H39N5O7/c1-46-29(40)15-9-17-34(45)16-8-7-14-28(34)38-30(41)26(19-23-20-35-21-36-23)37-31(42)27(18-22-10-3-2-4-11-22)39-32(43)24-12-5-6-13-25(24)33(39)44/h2-6,10-13,20-21,26-28,45H,7-9,14-19H2,1H3,(H,35,36)(H,37,42)(H,38,41). The molecule has 0 spiro atoms. The summed E-state index contributed by atoms with van der Waals surface area (Å²) in [6.45, 7) is 0. The molecule has 1 fully saturated rings. The number of imide groups is 1. The van der Waals surface area contributed by atoms with E-state index in [9.17, 15) is 29.1 Å². The van der Waals surface area contributed by atoms with Crippen molar-refractivity contribution < 1.29 is 33.8 Å². The van der Waals surface area contributed by atoms with E-state index in [1.807, 2.05) is 6.07 Å². The zero-order chi connectivity index (χ0) is 32.7. The quantitative estimate of drug-likeness (QED) is 0.165. The van der Waals surface area contributed by atoms with Gasteiger partial charge in [-0.2, -0.15) is 0 Å². The van der Waals surface area contributed by atoms with E-state index in [-0.39, 0.29) is 36.4 Å². The molecule has 4 atom stereocenters. The highest BCUT2D eigenvalue weighted by Gasteiger charge is 2.44. The van der Waals surface area contributed by atoms with Crippen LogP contribution in [0.2, 0.25) is 0 Å². The van der Waals surface area contributed by atoms with Crippen molar-refractivity contribution in [3.05, 3.63) is 89.5 Å². The third-order valence-corrected chi connectivity index (χ3v) is 8.86. The van der Waals surface area contributed by atoms with Gasteiger partial charge >= 0.3 is 5.97 Å². The fourth-order valence-electron chi connectivity index (χ4n) is 6.36. The number of benzene rings is 2. The second-order valence-corrected chi connectivity index (χ2v) is 11.9. The molecule has 4 unspecified atom stereocenters. The number of rotatable bonds is 13. The Morgan fingerprint density at radius 2 is 1.72 bits per heavy atom. The summed E-state index contributed by atoms with van der Waals surface area (Å²) in [6.07, 6.45) is 6.48. The van der Waals surface area contributed by atoms with Crippen molar-refractivity contribution in [1.29, 1.82) is 0 Å². The van der Waals surface area contributed by atoms with Crippen LogP contribution < -0.4 is 10.6 Å². The van der Waals surface area contributed by atoms with Gasteiger partial charge in [0.1, 0.15) is 12.1 Å². The summed E-state index contributed by atoms with van der Waals surface area (Å²) in [5, 5.41) is 17.4. The zero-order valence-corrected chi connectivity index (χ0v) is 25.7. The van der Waals surface area contributed by atoms with Gasteiger partial charge in [0.05, 0.1) is 36.2 Å². The molecule has 46 heavy (non-hydrogen) atoms. The monoisotopic (exact) mass is 629 g/mol. The Labute approximate surface area is 266 Å². The number of aromatic nitrogens is 2. The number of aromatic amines is 1. The number of methoxy groups -OCH3 is 1. The highest BCUT2D eigenvalue weighted by atomic mass is 16.5. The smallest absolute Gasteiger partial charge is 0.305 e. The molecule has 0 bridgehead atoms. The van der Waals surface area contributed by atoms with Crippen LogP contribution in [0.25, 0.3) is 0 Å². The minimum absolute atomic E-state index is 0.0408. The predicted octanol–water partition coefficient (Wildman–Crippen LogP) is 2.48. The molecule has 2 aromatic carbocycles. The third-order valence-electron chi connectivity index (χ3n) is 8.86. The SMILES string of the molecule is COC(=O)CCCC1(O)CCCCC1NC(=O)C(Cc1cnc[nH]1)NC(=O)C(Cc1ccccc1)N1C(=O)c2ccccc2C1=O. The van der Waals surface area contributed by atoms with Crippen LogP contribution in [0.4, 0.5) is 0 Å². The number of imidazole rings is 1. The van der Waals surface area contributed by atoms with Gasteiger partial charge in [-0.15, -0.1) is 0 Å². The highest BCUT2D eigenvalue weighted by molar-refractivity contribution is 6.23. The highest BCUT2D eigenvalue weighted by Crippen LogP contribution is 2.33. The summed E-state index contributed by atoms with van der Waals surface area (Å²) in [7, 11) is 1.31. The van der Waals surface area contributed by atoms with E-state index < -0.39 is 47.4 Å². The van der Waals surface area contributed by atoms with Gasteiger partial charge in [0.15, 0.2) is 0 Å². The summed E-state index contributed by atoms with van der Waals surface area (Å²) in [6, 6.07) is 12.5. The second-order valence-electron chi connectivity index (χ2n) is 11.9. The van der Waals surface area contributed by atoms with Gasteiger partial charge in [0.2, 0.25) is 11.8 Å². The van der Waals surface area contributed by atoms with Crippen molar-refractivity contribution >= 4 is 29.6 Å². The van der Waals surface area contributed by atoms with E-state index in [1.54, 1.807) is 54.7 Å². The number of hydrogen-bond donors (Lipinski definition) is 4. The average molecular weight is 630 g/mol. The van der Waals surface area contributed by atoms with Crippen LogP contribution in [0.15, 0.2) is 67.1 Å². The average Bonchev–Trinajstić information content (AvgIpc) is 3.66. The Morgan fingerprint density at radius 3 is 2.37 bits per heavy atom. The Balaban J connectivity index is 1.38. The number of carbonyl (C=O) groups excluding carboxylic acids is 5. The summed E-state index contributed by atoms with van der Waals surface area (Å²) >= 11 is 0. The van der Waals surface area contributed by atoms with Gasteiger partial charge in [-0.3, -0.25) is 28.9 Å². The van der Waals surface area contributed by atoms with Crippen LogP contribution in [-0.4, -0.2) is 80.4 Å². The third kappa shape index (κ3) is 7.34. The Kier molecular flexibility index (Phi) is 10.3. The molecule has 4 N–H and O–H groups in total. The van der Waals surface area contributed by atoms with Crippen molar-refractivity contribution in [3.8, 4) is 0 Å². The van der Waals surface area contributed by atoms with E-state index >= 15 is 0 Å². The maximum absolute atomic E-state index is 14.1. The minimum Gasteiger partial charge on any atom is -0.469 e. The lowest BCUT2D eigenvalue weighted by atomic mass is 9.77. The van der Waals surface area contributed by atoms with Gasteiger partial charge in [-0.1, -0.05) is 55.3 Å². The summed E-state index contributed by atoms with van der Waals surface area (Å²) in [5.41, 5.74) is 0.508. The van der Waals surface area contributed by atoms with E-state index in [0.29, 0.717) is 31.4 Å². The van der Waals surface area contributed by atoms with Crippen LogP contribution in [0.5, 0.6) is 0 Å². The molecule has 3 aromatic rings. The van der Waals surface area contributed by atoms with E-state index in [1.165, 1.54) is 13.4 Å². The van der Waals surface area contributed by atoms with Crippen molar-refractivity contribution in [2.24, 2.45) is 0 Å². The molecule has 1 aliphatic heterocycles. The summed E-state index contributed by atoms with van der Waals surface area (Å²) < 4.78 is 4.72. The van der Waals surface area contributed by atoms with Gasteiger partial charge in [0.25, 0.3) is 11.8 Å². The Bertz CT molecular complexity index is 1530. The lowest BCUT2D eigenvalue weighted by molar-refractivity contribution is -0.141. The predicted molar refractivity (Wildman–Crippen MR) is 166 cm³/mol. The number of H-pyrrole nitrogens is 1. The van der Waals surface area contributed by atoms with E-state index in [0.717, 1.165) is 23.3 Å². The Morgan fingerprint density at radius 1 is 1.02 bits per heavy atom. The number of nitrogens with one attached hydrogen (secondary N) is 3. The number of ether oxygens (including phenoxy) is 1. The van der Waals surface area contributed by atoms with Crippen LogP contribution >= 0.6 is 0 Å². The molecule has 2 aliphatic rings. The van der Waals surface area contributed by atoms with Crippen molar-refractivity contribution in [2.75, 3.05) is 7.11 Å². The molecule has 12 heteroatoms. The molecule has 1 aromatic heterocycles. The van der Waals surface area contributed by atoms with Crippen LogP contribution in [0.1, 0.15) is 76.9 Å². The fraction of sp³-hybridized carbons (Fsp3) is 0.412. The molecular formula is C34H39N5O7. The van der Waals surface area contributed by atoms with E-state index in [4.69, 9.17) is 4.74 Å². The van der Waals surface area contributed by atoms with Gasteiger partial charge < -0.3 is 25.5 Å². The van der Waals surface area contributed by atoms with Crippen molar-refractivity contribution in [3.63, 3.8) is 0 Å². The van der Waals surface area contributed by atoms with Gasteiger partial charge in [-0.05, 0) is 43.4 Å². The zero-order valence-electron chi connectivity index (χ0n) is 25.7. The summed E-state index contributed by atoms with van der Waals surface area (Å²) in [5.74, 6) is -2.72. The lowest BCUT2D eigenvalue weighted by Crippen LogP contribution is -2.60. The van der Waals surface area contributed by atoms with Crippen LogP contribution in [0.3, 0.4) is 0 Å². The largest absolute Gasteiger partial charge is 0.469 e. The number of fused-ring (bicyclic) bond motifs is 1. The molecular weight excluding hydrogens is 590 g/mol. The molecule has 5 rings (SSSR count). The molecule has 242 valence electrons. The molecule has 4 amide bonds. The number of amides is 4. The maximum Gasteiger partial charge on any atom is 0.305 e. The second kappa shape index (κ2) is 14.5. The first-order valence-electron chi connectivity index (χ1n) is 15.6. The molecule has 1 saturated carbocycles. The number of aliphatic hydroxyl groups is 1. The van der Waals surface area contributed by atoms with Crippen molar-refractivity contribution in [1.82, 2.24) is 25.5 Å². The summed E-state index contributed by atoms with van der Waals surface area (Å²) in [4.78, 5) is 74.6. The van der Waals surface area contributed by atoms with Crippen LogP contribution in [0, 0.1) is 0 Å². The van der Waals surface area contributed by atoms with Crippen molar-refractivity contribution in [2.45, 2.75) is 81.5 Å². The number of esters is 1. The molecule has 2 heterocycles. The Hall–Kier alpha value is -4.84. The molecule has 12 nitrogen and oxygen atoms in total. The fourth-order valence-corrected chi connectivity index (χ4v) is 6.36. The molecule has 1 aliphatic carbocycles. The first-order valence-corrected chi connectivity index (χ1v) is 15.6. The number of nitrogens with zero attached hydrogens (tertiary/aromatic N) is 2. The van der Waals surface area contributed by atoms with Crippen LogP contribution in [-0.2, 0) is 32.0 Å². The number of carbonyl (C=O) groups is 5. The topological polar surface area (TPSA) is 171 Å². The van der Waals surface area contributed by atoms with Gasteiger partial charge in [0, 0.05) is 31.2 Å². The van der Waals surface area contributed by atoms with Gasteiger partial charge in [-0.25, -0.2) is 4.98 Å². The lowest BCUT2D eigenvalue weighted by Gasteiger charge is -2.41. The normalized spacial score (nSPS) is 20.5. The molecule has 0 radical (unpaired) electrons.